The Kier molecular flexibility index (Phi) is 9.35. The Hall–Kier alpha value is -2.02. The van der Waals surface area contributed by atoms with E-state index in [1.54, 1.807) is 32.6 Å². The highest BCUT2D eigenvalue weighted by Crippen LogP contribution is 2.09. The number of nitrogens with one attached hydrogen (secondary N) is 1. The highest BCUT2D eigenvalue weighted by molar-refractivity contribution is 8.13. The van der Waals surface area contributed by atoms with Crippen LogP contribution in [0.1, 0.15) is 40.2 Å². The number of hydrogen-bond donors (Lipinski definition) is 1. The van der Waals surface area contributed by atoms with E-state index in [0.717, 1.165) is 5.56 Å². The van der Waals surface area contributed by atoms with Gasteiger partial charge in [0.2, 0.25) is 0 Å². The number of nitrogens with zero attached hydrogens (tertiary/aromatic N) is 1. The number of ether oxygens (including phenoxy) is 1. The summed E-state index contributed by atoms with van der Waals surface area (Å²) in [5, 5.41) is 2.71. The number of urea groups is 1. The molecule has 0 aromatic heterocycles. The third-order valence-electron chi connectivity index (χ3n) is 3.57. The van der Waals surface area contributed by atoms with Crippen molar-refractivity contribution in [1.29, 1.82) is 0 Å². The minimum atomic E-state index is -0.753. The van der Waals surface area contributed by atoms with Crippen LogP contribution < -0.4 is 5.32 Å². The van der Waals surface area contributed by atoms with E-state index in [1.165, 1.54) is 18.7 Å². The molecular weight excluding hydrogens is 364 g/mol. The summed E-state index contributed by atoms with van der Waals surface area (Å²) in [5.74, 6) is 0.0372. The first-order chi connectivity index (χ1) is 12.6. The average molecular weight is 395 g/mol. The van der Waals surface area contributed by atoms with Crippen LogP contribution in [-0.2, 0) is 20.7 Å². The van der Waals surface area contributed by atoms with Crippen LogP contribution in [0.3, 0.4) is 0 Å². The van der Waals surface area contributed by atoms with Crippen LogP contribution >= 0.6 is 11.8 Å². The molecule has 1 atom stereocenters. The molecule has 1 aromatic rings. The molecular formula is C20H30N2O4S. The second-order valence-corrected chi connectivity index (χ2v) is 8.54. The first-order valence-corrected chi connectivity index (χ1v) is 10.0. The van der Waals surface area contributed by atoms with Gasteiger partial charge >= 0.3 is 12.0 Å². The normalized spacial score (nSPS) is 12.2. The van der Waals surface area contributed by atoms with E-state index in [0.29, 0.717) is 25.3 Å². The molecule has 0 bridgehead atoms. The average Bonchev–Trinajstić information content (AvgIpc) is 2.56. The Morgan fingerprint density at radius 1 is 1.15 bits per heavy atom. The van der Waals surface area contributed by atoms with Crippen LogP contribution in [0.15, 0.2) is 30.3 Å². The number of esters is 1. The van der Waals surface area contributed by atoms with E-state index >= 15 is 0 Å². The Bertz CT molecular complexity index is 629. The number of rotatable bonds is 8. The van der Waals surface area contributed by atoms with Gasteiger partial charge in [-0.1, -0.05) is 42.1 Å². The standard InChI is InChI=1S/C20H30N2O4S/c1-15(18(24)26-20(3,4)5)21-19(25)22(13-14-27-16(2)23)12-11-17-9-7-6-8-10-17/h6-10,15H,11-14H2,1-5H3,(H,21,25). The van der Waals surface area contributed by atoms with Crippen molar-refractivity contribution >= 4 is 28.9 Å². The van der Waals surface area contributed by atoms with Crippen LogP contribution in [0.5, 0.6) is 0 Å². The molecule has 150 valence electrons. The van der Waals surface area contributed by atoms with Gasteiger partial charge in [0.05, 0.1) is 0 Å². The van der Waals surface area contributed by atoms with Crippen molar-refractivity contribution in [3.8, 4) is 0 Å². The minimum absolute atomic E-state index is 0.0144. The van der Waals surface area contributed by atoms with Crippen molar-refractivity contribution < 1.29 is 19.1 Å². The monoisotopic (exact) mass is 394 g/mol. The Labute approximate surface area is 166 Å². The summed E-state index contributed by atoms with van der Waals surface area (Å²) < 4.78 is 5.30. The second-order valence-electron chi connectivity index (χ2n) is 7.27. The van der Waals surface area contributed by atoms with Crippen molar-refractivity contribution in [3.05, 3.63) is 35.9 Å². The van der Waals surface area contributed by atoms with E-state index in [1.807, 2.05) is 30.3 Å². The molecule has 0 aliphatic rings. The SMILES string of the molecule is CC(=O)SCCN(CCc1ccccc1)C(=O)NC(C)C(=O)OC(C)(C)C. The first-order valence-electron chi connectivity index (χ1n) is 9.04. The van der Waals surface area contributed by atoms with Gasteiger partial charge in [-0.15, -0.1) is 0 Å². The number of benzene rings is 1. The van der Waals surface area contributed by atoms with E-state index in [9.17, 15) is 14.4 Å². The molecule has 2 amide bonds. The molecule has 7 heteroatoms. The summed E-state index contributed by atoms with van der Waals surface area (Å²) in [7, 11) is 0. The summed E-state index contributed by atoms with van der Waals surface area (Å²) in [6.45, 7) is 9.37. The molecule has 0 radical (unpaired) electrons. The fourth-order valence-electron chi connectivity index (χ4n) is 2.25. The Balaban J connectivity index is 2.67. The summed E-state index contributed by atoms with van der Waals surface area (Å²) in [6, 6.07) is 8.77. The molecule has 1 N–H and O–H groups in total. The molecule has 0 saturated carbocycles. The predicted octanol–water partition coefficient (Wildman–Crippen LogP) is 3.25. The zero-order valence-electron chi connectivity index (χ0n) is 16.8. The number of carbonyl (C=O) groups is 3. The Morgan fingerprint density at radius 3 is 2.33 bits per heavy atom. The number of thioether (sulfide) groups is 1. The zero-order valence-corrected chi connectivity index (χ0v) is 17.6. The number of amides is 2. The van der Waals surface area contributed by atoms with Gasteiger partial charge in [-0.2, -0.15) is 0 Å². The van der Waals surface area contributed by atoms with Gasteiger partial charge < -0.3 is 15.0 Å². The van der Waals surface area contributed by atoms with E-state index in [2.05, 4.69) is 5.32 Å². The fraction of sp³-hybridized carbons (Fsp3) is 0.550. The van der Waals surface area contributed by atoms with Crippen LogP contribution in [-0.4, -0.2) is 52.5 Å². The van der Waals surface area contributed by atoms with E-state index < -0.39 is 17.6 Å². The lowest BCUT2D eigenvalue weighted by Crippen LogP contribution is -2.49. The molecule has 1 unspecified atom stereocenters. The molecule has 6 nitrogen and oxygen atoms in total. The fourth-order valence-corrected chi connectivity index (χ4v) is 2.85. The van der Waals surface area contributed by atoms with E-state index in [4.69, 9.17) is 4.74 Å². The maximum Gasteiger partial charge on any atom is 0.328 e. The van der Waals surface area contributed by atoms with Crippen molar-refractivity contribution in [2.75, 3.05) is 18.8 Å². The van der Waals surface area contributed by atoms with Gasteiger partial charge in [0.25, 0.3) is 0 Å². The molecule has 0 fully saturated rings. The van der Waals surface area contributed by atoms with Crippen molar-refractivity contribution in [3.63, 3.8) is 0 Å². The predicted molar refractivity (Wildman–Crippen MR) is 109 cm³/mol. The minimum Gasteiger partial charge on any atom is -0.458 e. The molecule has 27 heavy (non-hydrogen) atoms. The topological polar surface area (TPSA) is 75.7 Å². The van der Waals surface area contributed by atoms with Gasteiger partial charge in [-0.25, -0.2) is 9.59 Å². The van der Waals surface area contributed by atoms with Crippen LogP contribution in [0, 0.1) is 0 Å². The molecule has 0 aliphatic heterocycles. The smallest absolute Gasteiger partial charge is 0.328 e. The lowest BCUT2D eigenvalue weighted by molar-refractivity contribution is -0.156. The largest absolute Gasteiger partial charge is 0.458 e. The van der Waals surface area contributed by atoms with Crippen LogP contribution in [0.2, 0.25) is 0 Å². The highest BCUT2D eigenvalue weighted by atomic mass is 32.2. The third-order valence-corrected chi connectivity index (χ3v) is 4.36. The molecule has 0 aliphatic carbocycles. The van der Waals surface area contributed by atoms with Gasteiger partial charge in [-0.05, 0) is 39.7 Å². The number of hydrogen-bond acceptors (Lipinski definition) is 5. The summed E-state index contributed by atoms with van der Waals surface area (Å²) in [6.07, 6.45) is 0.694. The maximum absolute atomic E-state index is 12.6. The molecule has 1 aromatic carbocycles. The third kappa shape index (κ3) is 10.0. The summed E-state index contributed by atoms with van der Waals surface area (Å²) in [5.41, 5.74) is 0.510. The van der Waals surface area contributed by atoms with Gasteiger partial charge in [-0.3, -0.25) is 4.79 Å². The van der Waals surface area contributed by atoms with Crippen LogP contribution in [0.25, 0.3) is 0 Å². The van der Waals surface area contributed by atoms with Gasteiger partial charge in [0.1, 0.15) is 11.6 Å². The van der Waals surface area contributed by atoms with Crippen molar-refractivity contribution in [2.24, 2.45) is 0 Å². The van der Waals surface area contributed by atoms with Gasteiger partial charge in [0.15, 0.2) is 5.12 Å². The van der Waals surface area contributed by atoms with Crippen LogP contribution in [0.4, 0.5) is 4.79 Å². The summed E-state index contributed by atoms with van der Waals surface area (Å²) >= 11 is 1.18. The van der Waals surface area contributed by atoms with Crippen molar-refractivity contribution in [1.82, 2.24) is 10.2 Å². The van der Waals surface area contributed by atoms with Crippen molar-refractivity contribution in [2.45, 2.75) is 52.7 Å². The van der Waals surface area contributed by atoms with E-state index in [-0.39, 0.29) is 11.1 Å². The highest BCUT2D eigenvalue weighted by Gasteiger charge is 2.24. The zero-order chi connectivity index (χ0) is 20.4. The Morgan fingerprint density at radius 2 is 1.78 bits per heavy atom. The molecule has 0 saturated heterocycles. The summed E-state index contributed by atoms with van der Waals surface area (Å²) in [4.78, 5) is 37.5. The quantitative estimate of drug-likeness (QED) is 0.685. The maximum atomic E-state index is 12.6. The molecule has 0 heterocycles. The molecule has 0 spiro atoms. The lowest BCUT2D eigenvalue weighted by atomic mass is 10.1. The first kappa shape index (κ1) is 23.0. The lowest BCUT2D eigenvalue weighted by Gasteiger charge is -2.26. The molecule has 1 rings (SSSR count). The number of carbonyl (C=O) groups excluding carboxylic acids is 3. The van der Waals surface area contributed by atoms with Gasteiger partial charge in [0, 0.05) is 25.8 Å². The second kappa shape index (κ2) is 11.0.